The standard InChI is InChI=1S/C40H64O10/c1(11-19-45-33-37-15-7-5-8-16-37)3-13-21-47-35-39-40(36-48-22-14-4-2-12-20-46-34-38-17-9-6-10-18-38)50-32-30-44-28-26-42-24-23-41-25-27-43-29-31-49-39/h5-10,15-18,39-40H,1-4,11-14,19-36H2/t39-,40-/m1/s1. The van der Waals surface area contributed by atoms with E-state index in [9.17, 15) is 0 Å². The Morgan fingerprint density at radius 1 is 0.380 bits per heavy atom. The molecule has 0 N–H and O–H groups in total. The Morgan fingerprint density at radius 3 is 1.06 bits per heavy atom. The topological polar surface area (TPSA) is 92.3 Å². The maximum Gasteiger partial charge on any atom is 0.109 e. The van der Waals surface area contributed by atoms with E-state index in [1.165, 1.54) is 11.1 Å². The normalized spacial score (nSPS) is 19.1. The zero-order valence-electron chi connectivity index (χ0n) is 30.4. The van der Waals surface area contributed by atoms with E-state index in [1.54, 1.807) is 0 Å². The lowest BCUT2D eigenvalue weighted by atomic mass is 10.2. The molecular formula is C40H64O10. The van der Waals surface area contributed by atoms with Gasteiger partial charge in [-0.05, 0) is 36.8 Å². The van der Waals surface area contributed by atoms with Gasteiger partial charge in [-0.15, -0.1) is 0 Å². The van der Waals surface area contributed by atoms with Crippen molar-refractivity contribution in [3.63, 3.8) is 0 Å². The third-order valence-electron chi connectivity index (χ3n) is 8.09. The first kappa shape index (κ1) is 42.5. The highest BCUT2D eigenvalue weighted by molar-refractivity contribution is 5.14. The zero-order chi connectivity index (χ0) is 34.8. The van der Waals surface area contributed by atoms with Crippen LogP contribution in [0, 0.1) is 0 Å². The highest BCUT2D eigenvalue weighted by Crippen LogP contribution is 2.11. The third kappa shape index (κ3) is 23.5. The van der Waals surface area contributed by atoms with Gasteiger partial charge in [-0.1, -0.05) is 86.3 Å². The molecule has 1 saturated heterocycles. The van der Waals surface area contributed by atoms with E-state index in [2.05, 4.69) is 24.3 Å². The Labute approximate surface area is 301 Å². The second-order valence-corrected chi connectivity index (χ2v) is 12.3. The van der Waals surface area contributed by atoms with Gasteiger partial charge in [0, 0.05) is 26.4 Å². The van der Waals surface area contributed by atoms with Crippen LogP contribution in [0.15, 0.2) is 60.7 Å². The van der Waals surface area contributed by atoms with Crippen LogP contribution < -0.4 is 0 Å². The molecule has 0 aromatic heterocycles. The van der Waals surface area contributed by atoms with E-state index < -0.39 is 0 Å². The van der Waals surface area contributed by atoms with Gasteiger partial charge < -0.3 is 47.4 Å². The highest BCUT2D eigenvalue weighted by atomic mass is 16.6. The Hall–Kier alpha value is -1.96. The number of ether oxygens (including phenoxy) is 10. The van der Waals surface area contributed by atoms with Crippen molar-refractivity contribution in [2.45, 2.75) is 76.8 Å². The zero-order valence-corrected chi connectivity index (χ0v) is 30.4. The number of hydrogen-bond acceptors (Lipinski definition) is 10. The lowest BCUT2D eigenvalue weighted by Gasteiger charge is -2.28. The molecule has 0 bridgehead atoms. The molecular weight excluding hydrogens is 640 g/mol. The van der Waals surface area contributed by atoms with Crippen molar-refractivity contribution in [1.29, 1.82) is 0 Å². The van der Waals surface area contributed by atoms with Crippen LogP contribution in [0.5, 0.6) is 0 Å². The Bertz CT molecular complexity index is 903. The molecule has 0 aliphatic carbocycles. The Morgan fingerprint density at radius 2 is 0.700 bits per heavy atom. The fraction of sp³-hybridized carbons (Fsp3) is 0.700. The summed E-state index contributed by atoms with van der Waals surface area (Å²) in [5.41, 5.74) is 2.42. The van der Waals surface area contributed by atoms with Crippen molar-refractivity contribution in [3.05, 3.63) is 71.8 Å². The number of benzene rings is 2. The van der Waals surface area contributed by atoms with Crippen LogP contribution in [0.1, 0.15) is 62.5 Å². The average Bonchev–Trinajstić information content (AvgIpc) is 3.15. The molecule has 2 atom stereocenters. The molecule has 0 spiro atoms. The summed E-state index contributed by atoms with van der Waals surface area (Å²) >= 11 is 0. The van der Waals surface area contributed by atoms with Crippen molar-refractivity contribution >= 4 is 0 Å². The van der Waals surface area contributed by atoms with E-state index in [1.807, 2.05) is 36.4 Å². The summed E-state index contributed by atoms with van der Waals surface area (Å²) in [7, 11) is 0. The SMILES string of the molecule is c1ccc(COCCCCCCOC[C@H]2OCCOCCOCCOCCOCCO[C@@H]2COCCCCCCOCc2ccccc2)cc1. The molecule has 3 rings (SSSR count). The lowest BCUT2D eigenvalue weighted by Crippen LogP contribution is -2.40. The predicted molar refractivity (Wildman–Crippen MR) is 194 cm³/mol. The first-order chi connectivity index (χ1) is 24.9. The molecule has 10 nitrogen and oxygen atoms in total. The van der Waals surface area contributed by atoms with Gasteiger partial charge in [0.25, 0.3) is 0 Å². The van der Waals surface area contributed by atoms with Crippen LogP contribution in [0.2, 0.25) is 0 Å². The van der Waals surface area contributed by atoms with Gasteiger partial charge in [0.05, 0.1) is 92.5 Å². The quantitative estimate of drug-likeness (QED) is 0.128. The molecule has 2 aromatic carbocycles. The smallest absolute Gasteiger partial charge is 0.109 e. The maximum absolute atomic E-state index is 6.29. The van der Waals surface area contributed by atoms with E-state index in [-0.39, 0.29) is 12.2 Å². The summed E-state index contributed by atoms with van der Waals surface area (Å²) in [6.45, 7) is 10.0. The highest BCUT2D eigenvalue weighted by Gasteiger charge is 2.24. The van der Waals surface area contributed by atoms with E-state index in [0.29, 0.717) is 106 Å². The monoisotopic (exact) mass is 704 g/mol. The van der Waals surface area contributed by atoms with Crippen LogP contribution in [-0.4, -0.2) is 118 Å². The average molecular weight is 705 g/mol. The van der Waals surface area contributed by atoms with E-state index in [4.69, 9.17) is 47.4 Å². The second kappa shape index (κ2) is 31.7. The van der Waals surface area contributed by atoms with Crippen LogP contribution in [-0.2, 0) is 60.6 Å². The second-order valence-electron chi connectivity index (χ2n) is 12.3. The first-order valence-electron chi connectivity index (χ1n) is 18.8. The lowest BCUT2D eigenvalue weighted by molar-refractivity contribution is -0.140. The minimum absolute atomic E-state index is 0.287. The van der Waals surface area contributed by atoms with Crippen molar-refractivity contribution in [3.8, 4) is 0 Å². The molecule has 1 heterocycles. The molecule has 1 fully saturated rings. The van der Waals surface area contributed by atoms with Crippen LogP contribution in [0.4, 0.5) is 0 Å². The third-order valence-corrected chi connectivity index (χ3v) is 8.09. The summed E-state index contributed by atoms with van der Waals surface area (Å²) in [6.07, 6.45) is 7.93. The summed E-state index contributed by atoms with van der Waals surface area (Å²) in [5.74, 6) is 0. The summed E-state index contributed by atoms with van der Waals surface area (Å²) in [6, 6.07) is 20.6. The van der Waals surface area contributed by atoms with E-state index in [0.717, 1.165) is 64.6 Å². The van der Waals surface area contributed by atoms with Gasteiger partial charge in [0.15, 0.2) is 0 Å². The molecule has 0 saturated carbocycles. The molecule has 1 aliphatic rings. The first-order valence-corrected chi connectivity index (χ1v) is 18.8. The molecule has 0 unspecified atom stereocenters. The van der Waals surface area contributed by atoms with E-state index >= 15 is 0 Å². The van der Waals surface area contributed by atoms with Gasteiger partial charge in [0.1, 0.15) is 12.2 Å². The van der Waals surface area contributed by atoms with Gasteiger partial charge in [-0.2, -0.15) is 0 Å². The number of hydrogen-bond donors (Lipinski definition) is 0. The predicted octanol–water partition coefficient (Wildman–Crippen LogP) is 6.42. The van der Waals surface area contributed by atoms with Crippen LogP contribution in [0.3, 0.4) is 0 Å². The minimum atomic E-state index is -0.287. The molecule has 0 amide bonds. The van der Waals surface area contributed by atoms with Crippen LogP contribution in [0.25, 0.3) is 0 Å². The summed E-state index contributed by atoms with van der Waals surface area (Å²) in [4.78, 5) is 0. The van der Waals surface area contributed by atoms with Gasteiger partial charge >= 0.3 is 0 Å². The van der Waals surface area contributed by atoms with Crippen molar-refractivity contribution in [2.75, 3.05) is 106 Å². The van der Waals surface area contributed by atoms with Crippen molar-refractivity contribution in [2.24, 2.45) is 0 Å². The Balaban J connectivity index is 1.34. The molecule has 50 heavy (non-hydrogen) atoms. The molecule has 284 valence electrons. The van der Waals surface area contributed by atoms with Crippen molar-refractivity contribution < 1.29 is 47.4 Å². The molecule has 0 radical (unpaired) electrons. The fourth-order valence-corrected chi connectivity index (χ4v) is 5.26. The largest absolute Gasteiger partial charge is 0.379 e. The van der Waals surface area contributed by atoms with Gasteiger partial charge in [-0.25, -0.2) is 0 Å². The molecule has 1 aliphatic heterocycles. The summed E-state index contributed by atoms with van der Waals surface area (Å²) < 4.78 is 59.0. The summed E-state index contributed by atoms with van der Waals surface area (Å²) in [5, 5.41) is 0. The van der Waals surface area contributed by atoms with Gasteiger partial charge in [0.2, 0.25) is 0 Å². The fourth-order valence-electron chi connectivity index (χ4n) is 5.26. The number of rotatable bonds is 22. The molecule has 2 aromatic rings. The molecule has 10 heteroatoms. The van der Waals surface area contributed by atoms with Crippen LogP contribution >= 0.6 is 0 Å². The minimum Gasteiger partial charge on any atom is -0.379 e. The maximum atomic E-state index is 6.29. The van der Waals surface area contributed by atoms with Gasteiger partial charge in [-0.3, -0.25) is 0 Å². The number of unbranched alkanes of at least 4 members (excludes halogenated alkanes) is 6. The Kier molecular flexibility index (Phi) is 27.0. The van der Waals surface area contributed by atoms with Crippen molar-refractivity contribution in [1.82, 2.24) is 0 Å².